The second kappa shape index (κ2) is 7.51. The van der Waals surface area contributed by atoms with Crippen LogP contribution in [0.15, 0.2) is 59.6 Å². The molecule has 0 N–H and O–H groups in total. The average Bonchev–Trinajstić information content (AvgIpc) is 2.54. The van der Waals surface area contributed by atoms with E-state index in [4.69, 9.17) is 5.26 Å². The molecule has 106 valence electrons. The largest absolute Gasteiger partial charge is 0.350 e. The Morgan fingerprint density at radius 2 is 1.81 bits per heavy atom. The van der Waals surface area contributed by atoms with Crippen molar-refractivity contribution in [3.63, 3.8) is 0 Å². The normalized spacial score (nSPS) is 11.0. The molecular formula is C17H17N3S. The molecule has 0 heterocycles. The van der Waals surface area contributed by atoms with Crippen LogP contribution >= 0.6 is 11.8 Å². The summed E-state index contributed by atoms with van der Waals surface area (Å²) < 4.78 is 0. The van der Waals surface area contributed by atoms with Gasteiger partial charge in [-0.1, -0.05) is 42.1 Å². The van der Waals surface area contributed by atoms with Crippen molar-refractivity contribution in [3.8, 4) is 6.07 Å². The average molecular weight is 295 g/mol. The monoisotopic (exact) mass is 295 g/mol. The van der Waals surface area contributed by atoms with Gasteiger partial charge in [0.15, 0.2) is 5.17 Å². The maximum Gasteiger partial charge on any atom is 0.164 e. The van der Waals surface area contributed by atoms with E-state index in [1.54, 1.807) is 23.9 Å². The summed E-state index contributed by atoms with van der Waals surface area (Å²) in [6.45, 7) is 0.816. The van der Waals surface area contributed by atoms with Gasteiger partial charge >= 0.3 is 0 Å². The minimum absolute atomic E-state index is 0.650. The van der Waals surface area contributed by atoms with Crippen LogP contribution in [0.25, 0.3) is 0 Å². The van der Waals surface area contributed by atoms with Gasteiger partial charge in [0.05, 0.1) is 17.3 Å². The maximum absolute atomic E-state index is 8.81. The van der Waals surface area contributed by atoms with Gasteiger partial charge in [-0.2, -0.15) is 5.26 Å². The van der Waals surface area contributed by atoms with E-state index in [-0.39, 0.29) is 0 Å². The molecular weight excluding hydrogens is 278 g/mol. The van der Waals surface area contributed by atoms with Gasteiger partial charge in [-0.25, -0.2) is 4.99 Å². The number of amidine groups is 1. The smallest absolute Gasteiger partial charge is 0.164 e. The molecule has 0 fully saturated rings. The van der Waals surface area contributed by atoms with Gasteiger partial charge < -0.3 is 4.90 Å². The predicted molar refractivity (Wildman–Crippen MR) is 89.7 cm³/mol. The lowest BCUT2D eigenvalue weighted by molar-refractivity contribution is 0.511. The van der Waals surface area contributed by atoms with Gasteiger partial charge in [0.25, 0.3) is 0 Å². The first-order valence-electron chi connectivity index (χ1n) is 6.61. The van der Waals surface area contributed by atoms with E-state index in [1.165, 1.54) is 5.56 Å². The van der Waals surface area contributed by atoms with E-state index in [0.29, 0.717) is 5.56 Å². The standard InChI is InChI=1S/C17H17N3S/c1-20(13-15-6-4-3-5-7-15)17(21-2)19-16-10-8-14(12-18)9-11-16/h3-11H,13H2,1-2H3/b19-17+. The highest BCUT2D eigenvalue weighted by atomic mass is 32.2. The molecule has 0 amide bonds. The molecule has 0 radical (unpaired) electrons. The first-order chi connectivity index (χ1) is 10.2. The van der Waals surface area contributed by atoms with Crippen molar-refractivity contribution in [1.82, 2.24) is 4.90 Å². The lowest BCUT2D eigenvalue weighted by atomic mass is 10.2. The lowest BCUT2D eigenvalue weighted by Crippen LogP contribution is -2.23. The van der Waals surface area contributed by atoms with Gasteiger partial charge in [0, 0.05) is 13.6 Å². The molecule has 0 bridgehead atoms. The van der Waals surface area contributed by atoms with Gasteiger partial charge in [-0.15, -0.1) is 0 Å². The fourth-order valence-electron chi connectivity index (χ4n) is 1.93. The second-order valence-corrected chi connectivity index (χ2v) is 5.37. The first kappa shape index (κ1) is 15.1. The Balaban J connectivity index is 2.14. The summed E-state index contributed by atoms with van der Waals surface area (Å²) in [5.74, 6) is 0. The van der Waals surface area contributed by atoms with Gasteiger partial charge in [-0.05, 0) is 36.1 Å². The van der Waals surface area contributed by atoms with Crippen LogP contribution in [0.3, 0.4) is 0 Å². The number of hydrogen-bond acceptors (Lipinski definition) is 3. The fourth-order valence-corrected chi connectivity index (χ4v) is 2.51. The van der Waals surface area contributed by atoms with E-state index in [2.05, 4.69) is 28.1 Å². The number of benzene rings is 2. The first-order valence-corrected chi connectivity index (χ1v) is 7.83. The Hall–Kier alpha value is -2.25. The number of nitrogens with zero attached hydrogens (tertiary/aromatic N) is 3. The molecule has 0 aliphatic heterocycles. The zero-order valence-electron chi connectivity index (χ0n) is 12.2. The Morgan fingerprint density at radius 1 is 1.14 bits per heavy atom. The van der Waals surface area contributed by atoms with Crippen molar-refractivity contribution in [3.05, 3.63) is 65.7 Å². The van der Waals surface area contributed by atoms with Crippen LogP contribution in [0.1, 0.15) is 11.1 Å². The lowest BCUT2D eigenvalue weighted by Gasteiger charge is -2.19. The molecule has 0 aliphatic rings. The Morgan fingerprint density at radius 3 is 2.38 bits per heavy atom. The van der Waals surface area contributed by atoms with Crippen LogP contribution in [-0.2, 0) is 6.54 Å². The summed E-state index contributed by atoms with van der Waals surface area (Å²) in [4.78, 5) is 6.77. The van der Waals surface area contributed by atoms with Crippen LogP contribution in [-0.4, -0.2) is 23.4 Å². The third kappa shape index (κ3) is 4.37. The Labute approximate surface area is 129 Å². The van der Waals surface area contributed by atoms with Crippen molar-refractivity contribution in [2.75, 3.05) is 13.3 Å². The molecule has 0 saturated heterocycles. The number of rotatable bonds is 3. The Bertz CT molecular complexity index is 642. The number of aliphatic imine (C=N–C) groups is 1. The molecule has 0 unspecified atom stereocenters. The molecule has 3 nitrogen and oxygen atoms in total. The van der Waals surface area contributed by atoms with Crippen LogP contribution in [0.4, 0.5) is 5.69 Å². The van der Waals surface area contributed by atoms with E-state index in [0.717, 1.165) is 17.4 Å². The summed E-state index contributed by atoms with van der Waals surface area (Å²) in [5.41, 5.74) is 2.76. The summed E-state index contributed by atoms with van der Waals surface area (Å²) in [6, 6.07) is 19.7. The molecule has 4 heteroatoms. The van der Waals surface area contributed by atoms with E-state index >= 15 is 0 Å². The van der Waals surface area contributed by atoms with Crippen LogP contribution in [0.5, 0.6) is 0 Å². The molecule has 0 spiro atoms. The summed E-state index contributed by atoms with van der Waals surface area (Å²) in [7, 11) is 2.03. The van der Waals surface area contributed by atoms with Crippen molar-refractivity contribution >= 4 is 22.6 Å². The van der Waals surface area contributed by atoms with Crippen LogP contribution in [0.2, 0.25) is 0 Å². The molecule has 21 heavy (non-hydrogen) atoms. The quantitative estimate of drug-likeness (QED) is 0.633. The molecule has 0 aliphatic carbocycles. The predicted octanol–water partition coefficient (Wildman–Crippen LogP) is 4.04. The fraction of sp³-hybridized carbons (Fsp3) is 0.176. The van der Waals surface area contributed by atoms with E-state index < -0.39 is 0 Å². The highest BCUT2D eigenvalue weighted by Gasteiger charge is 2.06. The number of hydrogen-bond donors (Lipinski definition) is 0. The van der Waals surface area contributed by atoms with Crippen LogP contribution in [0, 0.1) is 11.3 Å². The van der Waals surface area contributed by atoms with Gasteiger partial charge in [0.2, 0.25) is 0 Å². The topological polar surface area (TPSA) is 39.4 Å². The van der Waals surface area contributed by atoms with Crippen LogP contribution < -0.4 is 0 Å². The van der Waals surface area contributed by atoms with Crippen molar-refractivity contribution < 1.29 is 0 Å². The van der Waals surface area contributed by atoms with Gasteiger partial charge in [0.1, 0.15) is 0 Å². The summed E-state index contributed by atoms with van der Waals surface area (Å²) in [5, 5.41) is 9.76. The third-order valence-electron chi connectivity index (χ3n) is 2.99. The number of nitriles is 1. The molecule has 2 aromatic carbocycles. The minimum atomic E-state index is 0.650. The minimum Gasteiger partial charge on any atom is -0.350 e. The summed E-state index contributed by atoms with van der Waals surface area (Å²) in [6.07, 6.45) is 2.02. The molecule has 0 aromatic heterocycles. The zero-order chi connectivity index (χ0) is 15.1. The number of thioether (sulfide) groups is 1. The van der Waals surface area contributed by atoms with Crippen molar-refractivity contribution in [1.29, 1.82) is 5.26 Å². The zero-order valence-corrected chi connectivity index (χ0v) is 13.0. The SMILES string of the molecule is CS/C(=N/c1ccc(C#N)cc1)N(C)Cc1ccccc1. The molecule has 2 aromatic rings. The summed E-state index contributed by atoms with van der Waals surface area (Å²) >= 11 is 1.61. The van der Waals surface area contributed by atoms with E-state index in [1.807, 2.05) is 43.6 Å². The molecule has 0 atom stereocenters. The van der Waals surface area contributed by atoms with Crippen molar-refractivity contribution in [2.24, 2.45) is 4.99 Å². The molecule has 0 saturated carbocycles. The van der Waals surface area contributed by atoms with Gasteiger partial charge in [-0.3, -0.25) is 0 Å². The second-order valence-electron chi connectivity index (χ2n) is 4.60. The highest BCUT2D eigenvalue weighted by Crippen LogP contribution is 2.17. The maximum atomic E-state index is 8.81. The Kier molecular flexibility index (Phi) is 5.42. The van der Waals surface area contributed by atoms with E-state index in [9.17, 15) is 0 Å². The molecule has 2 rings (SSSR count). The van der Waals surface area contributed by atoms with Crippen molar-refractivity contribution in [2.45, 2.75) is 6.54 Å². The third-order valence-corrected chi connectivity index (χ3v) is 3.76. The highest BCUT2D eigenvalue weighted by molar-refractivity contribution is 8.13.